The topological polar surface area (TPSA) is 34.1 Å². The van der Waals surface area contributed by atoms with E-state index < -0.39 is 0 Å². The molecule has 0 atom stereocenters. The molecule has 0 radical (unpaired) electrons. The third kappa shape index (κ3) is 3.32. The number of hydrogen-bond donors (Lipinski definition) is 1. The zero-order chi connectivity index (χ0) is 13.1. The Morgan fingerprint density at radius 3 is 2.95 bits per heavy atom. The van der Waals surface area contributed by atoms with Gasteiger partial charge in [-0.05, 0) is 38.0 Å². The van der Waals surface area contributed by atoms with Crippen molar-refractivity contribution in [2.75, 3.05) is 0 Å². The minimum atomic E-state index is 0.701. The van der Waals surface area contributed by atoms with Crippen LogP contribution in [0.25, 0.3) is 0 Å². The molecule has 0 unspecified atom stereocenters. The molecule has 1 N–H and O–H groups in total. The molecule has 0 amide bonds. The molecule has 1 aromatic heterocycles. The predicted molar refractivity (Wildman–Crippen MR) is 75.4 cm³/mol. The molecular weight excluding hydrogens is 236 g/mol. The first-order valence-electron chi connectivity index (χ1n) is 6.72. The number of rotatable bonds is 5. The van der Waals surface area contributed by atoms with Gasteiger partial charge in [0.25, 0.3) is 0 Å². The van der Waals surface area contributed by atoms with Crippen molar-refractivity contribution in [2.45, 2.75) is 32.4 Å². The third-order valence-corrected chi connectivity index (χ3v) is 3.24. The summed E-state index contributed by atoms with van der Waals surface area (Å²) in [5.41, 5.74) is 2.46. The minimum absolute atomic E-state index is 0.701. The lowest BCUT2D eigenvalue weighted by atomic mass is 10.1. The molecule has 1 fully saturated rings. The van der Waals surface area contributed by atoms with Gasteiger partial charge in [-0.1, -0.05) is 17.7 Å². The summed E-state index contributed by atoms with van der Waals surface area (Å²) in [6.45, 7) is 2.97. The number of nitrogens with one attached hydrogen (secondary N) is 1. The highest BCUT2D eigenvalue weighted by atomic mass is 16.5. The van der Waals surface area contributed by atoms with E-state index in [-0.39, 0.29) is 0 Å². The van der Waals surface area contributed by atoms with E-state index >= 15 is 0 Å². The molecule has 0 bridgehead atoms. The van der Waals surface area contributed by atoms with Crippen molar-refractivity contribution in [2.24, 2.45) is 0 Å². The van der Waals surface area contributed by atoms with Crippen LogP contribution in [0.3, 0.4) is 0 Å². The smallest absolute Gasteiger partial charge is 0.145 e. The Morgan fingerprint density at radius 2 is 2.21 bits per heavy atom. The molecule has 1 aliphatic carbocycles. The molecule has 1 heterocycles. The Balaban J connectivity index is 1.78. The van der Waals surface area contributed by atoms with Gasteiger partial charge in [-0.3, -0.25) is 4.98 Å². The Bertz CT molecular complexity index is 550. The molecule has 1 saturated carbocycles. The first-order valence-corrected chi connectivity index (χ1v) is 6.72. The van der Waals surface area contributed by atoms with Crippen LogP contribution in [0.2, 0.25) is 0 Å². The molecule has 1 aromatic carbocycles. The summed E-state index contributed by atoms with van der Waals surface area (Å²) in [6.07, 6.45) is 6.07. The SMILES string of the molecule is Cc1ccc(Oc2cccnc2)c(CNC2CC2)c1. The molecule has 0 aliphatic heterocycles. The first-order chi connectivity index (χ1) is 9.31. The van der Waals surface area contributed by atoms with Crippen molar-refractivity contribution >= 4 is 0 Å². The second-order valence-corrected chi connectivity index (χ2v) is 5.06. The van der Waals surface area contributed by atoms with Crippen molar-refractivity contribution < 1.29 is 4.74 Å². The van der Waals surface area contributed by atoms with E-state index in [0.29, 0.717) is 6.04 Å². The standard InChI is InChI=1S/C16H18N2O/c1-12-4-7-16(19-15-3-2-8-17-11-15)13(9-12)10-18-14-5-6-14/h2-4,7-9,11,14,18H,5-6,10H2,1H3. The second kappa shape index (κ2) is 5.41. The average molecular weight is 254 g/mol. The van der Waals surface area contributed by atoms with Crippen molar-refractivity contribution in [3.8, 4) is 11.5 Å². The highest BCUT2D eigenvalue weighted by molar-refractivity contribution is 5.39. The van der Waals surface area contributed by atoms with Crippen LogP contribution in [0, 0.1) is 6.92 Å². The van der Waals surface area contributed by atoms with E-state index in [0.717, 1.165) is 18.0 Å². The first kappa shape index (κ1) is 12.2. The lowest BCUT2D eigenvalue weighted by Crippen LogP contribution is -2.15. The van der Waals surface area contributed by atoms with Crippen LogP contribution in [0.15, 0.2) is 42.7 Å². The van der Waals surface area contributed by atoms with Crippen molar-refractivity contribution in [1.29, 1.82) is 0 Å². The number of aryl methyl sites for hydroxylation is 1. The van der Waals surface area contributed by atoms with Crippen LogP contribution >= 0.6 is 0 Å². The molecule has 3 rings (SSSR count). The number of aromatic nitrogens is 1. The summed E-state index contributed by atoms with van der Waals surface area (Å²) in [7, 11) is 0. The fourth-order valence-corrected chi connectivity index (χ4v) is 2.02. The Morgan fingerprint density at radius 1 is 1.32 bits per heavy atom. The number of benzene rings is 1. The summed E-state index contributed by atoms with van der Waals surface area (Å²) < 4.78 is 5.91. The molecular formula is C16H18N2O. The van der Waals surface area contributed by atoms with Crippen LogP contribution in [-0.2, 0) is 6.54 Å². The normalized spacial score (nSPS) is 14.4. The Labute approximate surface area is 113 Å². The lowest BCUT2D eigenvalue weighted by Gasteiger charge is -2.12. The fraction of sp³-hybridized carbons (Fsp3) is 0.312. The Kier molecular flexibility index (Phi) is 3.47. The number of pyridine rings is 1. The van der Waals surface area contributed by atoms with Gasteiger partial charge in [0, 0.05) is 24.3 Å². The van der Waals surface area contributed by atoms with Crippen LogP contribution in [-0.4, -0.2) is 11.0 Å². The maximum Gasteiger partial charge on any atom is 0.145 e. The maximum atomic E-state index is 5.91. The highest BCUT2D eigenvalue weighted by Gasteiger charge is 2.20. The van der Waals surface area contributed by atoms with Crippen molar-refractivity contribution in [1.82, 2.24) is 10.3 Å². The van der Waals surface area contributed by atoms with Gasteiger partial charge in [0.1, 0.15) is 11.5 Å². The van der Waals surface area contributed by atoms with Gasteiger partial charge in [0.15, 0.2) is 0 Å². The van der Waals surface area contributed by atoms with Gasteiger partial charge >= 0.3 is 0 Å². The molecule has 2 aromatic rings. The highest BCUT2D eigenvalue weighted by Crippen LogP contribution is 2.27. The fourth-order valence-electron chi connectivity index (χ4n) is 2.02. The molecule has 3 nitrogen and oxygen atoms in total. The monoisotopic (exact) mass is 254 g/mol. The quantitative estimate of drug-likeness (QED) is 0.887. The second-order valence-electron chi connectivity index (χ2n) is 5.06. The third-order valence-electron chi connectivity index (χ3n) is 3.24. The van der Waals surface area contributed by atoms with Crippen LogP contribution in [0.4, 0.5) is 0 Å². The number of ether oxygens (including phenoxy) is 1. The molecule has 3 heteroatoms. The largest absolute Gasteiger partial charge is 0.455 e. The minimum Gasteiger partial charge on any atom is -0.455 e. The summed E-state index contributed by atoms with van der Waals surface area (Å²) >= 11 is 0. The zero-order valence-corrected chi connectivity index (χ0v) is 11.1. The van der Waals surface area contributed by atoms with Crippen molar-refractivity contribution in [3.05, 3.63) is 53.9 Å². The summed E-state index contributed by atoms with van der Waals surface area (Å²) in [6, 6.07) is 10.8. The Hall–Kier alpha value is -1.87. The van der Waals surface area contributed by atoms with E-state index in [2.05, 4.69) is 29.4 Å². The number of hydrogen-bond acceptors (Lipinski definition) is 3. The van der Waals surface area contributed by atoms with Gasteiger partial charge in [0.05, 0.1) is 6.20 Å². The van der Waals surface area contributed by atoms with Gasteiger partial charge in [0.2, 0.25) is 0 Å². The van der Waals surface area contributed by atoms with Crippen LogP contribution < -0.4 is 10.1 Å². The molecule has 1 aliphatic rings. The lowest BCUT2D eigenvalue weighted by molar-refractivity contribution is 0.470. The summed E-state index contributed by atoms with van der Waals surface area (Å²) in [4.78, 5) is 4.07. The van der Waals surface area contributed by atoms with Gasteiger partial charge < -0.3 is 10.1 Å². The van der Waals surface area contributed by atoms with Gasteiger partial charge in [-0.2, -0.15) is 0 Å². The molecule has 0 spiro atoms. The van der Waals surface area contributed by atoms with Gasteiger partial charge in [-0.25, -0.2) is 0 Å². The van der Waals surface area contributed by atoms with E-state index in [1.807, 2.05) is 18.2 Å². The average Bonchev–Trinajstić information content (AvgIpc) is 3.24. The maximum absolute atomic E-state index is 5.91. The van der Waals surface area contributed by atoms with E-state index in [1.54, 1.807) is 12.4 Å². The zero-order valence-electron chi connectivity index (χ0n) is 11.1. The van der Waals surface area contributed by atoms with E-state index in [1.165, 1.54) is 24.0 Å². The van der Waals surface area contributed by atoms with Crippen LogP contribution in [0.5, 0.6) is 11.5 Å². The molecule has 19 heavy (non-hydrogen) atoms. The molecule has 98 valence electrons. The number of nitrogens with zero attached hydrogens (tertiary/aromatic N) is 1. The predicted octanol–water partition coefficient (Wildman–Crippen LogP) is 3.43. The van der Waals surface area contributed by atoms with E-state index in [9.17, 15) is 0 Å². The molecule has 0 saturated heterocycles. The van der Waals surface area contributed by atoms with Gasteiger partial charge in [-0.15, -0.1) is 0 Å². The summed E-state index contributed by atoms with van der Waals surface area (Å²) in [5.74, 6) is 1.69. The summed E-state index contributed by atoms with van der Waals surface area (Å²) in [5, 5.41) is 3.53. The van der Waals surface area contributed by atoms with Crippen LogP contribution in [0.1, 0.15) is 24.0 Å². The van der Waals surface area contributed by atoms with E-state index in [4.69, 9.17) is 4.74 Å². The van der Waals surface area contributed by atoms with Crippen molar-refractivity contribution in [3.63, 3.8) is 0 Å².